The van der Waals surface area contributed by atoms with E-state index in [0.29, 0.717) is 5.56 Å². The van der Waals surface area contributed by atoms with E-state index < -0.39 is 0 Å². The summed E-state index contributed by atoms with van der Waals surface area (Å²) in [4.78, 5) is 10.4. The molecule has 0 N–H and O–H groups in total. The fourth-order valence-electron chi connectivity index (χ4n) is 1.01. The van der Waals surface area contributed by atoms with Crippen LogP contribution in [0.5, 0.6) is 5.75 Å². The van der Waals surface area contributed by atoms with Crippen molar-refractivity contribution in [3.05, 3.63) is 29.8 Å². The van der Waals surface area contributed by atoms with E-state index in [0.717, 1.165) is 30.1 Å². The van der Waals surface area contributed by atoms with Gasteiger partial charge in [-0.1, -0.05) is 6.92 Å². The molecule has 0 heterocycles. The van der Waals surface area contributed by atoms with Crippen molar-refractivity contribution in [2.75, 3.05) is 18.1 Å². The molecule has 0 spiro atoms. The Kier molecular flexibility index (Phi) is 5.15. The average Bonchev–Trinajstić information content (AvgIpc) is 2.25. The highest BCUT2D eigenvalue weighted by Crippen LogP contribution is 2.11. The van der Waals surface area contributed by atoms with Gasteiger partial charge in [0.25, 0.3) is 0 Å². The standard InChI is InChI=1S/C11H14O2S/c1-2-14-8-7-13-11-5-3-10(9-12)4-6-11/h3-6,9H,2,7-8H2,1H3. The summed E-state index contributed by atoms with van der Waals surface area (Å²) in [6, 6.07) is 7.16. The molecular formula is C11H14O2S. The molecule has 0 aliphatic rings. The SMILES string of the molecule is CCSCCOc1ccc(C=O)cc1. The van der Waals surface area contributed by atoms with Crippen LogP contribution in [0.1, 0.15) is 17.3 Å². The molecule has 0 aliphatic heterocycles. The van der Waals surface area contributed by atoms with Gasteiger partial charge in [-0.05, 0) is 30.0 Å². The number of benzene rings is 1. The molecule has 0 radical (unpaired) electrons. The van der Waals surface area contributed by atoms with Crippen molar-refractivity contribution in [1.29, 1.82) is 0 Å². The molecule has 0 saturated carbocycles. The number of carbonyl (C=O) groups is 1. The highest BCUT2D eigenvalue weighted by Gasteiger charge is 1.93. The molecule has 0 saturated heterocycles. The second-order valence-electron chi connectivity index (χ2n) is 2.73. The van der Waals surface area contributed by atoms with Gasteiger partial charge in [0.2, 0.25) is 0 Å². The van der Waals surface area contributed by atoms with Crippen molar-refractivity contribution in [3.8, 4) is 5.75 Å². The monoisotopic (exact) mass is 210 g/mol. The Morgan fingerprint density at radius 3 is 2.64 bits per heavy atom. The summed E-state index contributed by atoms with van der Waals surface area (Å²) in [5.41, 5.74) is 0.681. The van der Waals surface area contributed by atoms with E-state index in [4.69, 9.17) is 4.74 Å². The van der Waals surface area contributed by atoms with Crippen LogP contribution in [0.25, 0.3) is 0 Å². The lowest BCUT2D eigenvalue weighted by Crippen LogP contribution is -2.00. The summed E-state index contributed by atoms with van der Waals surface area (Å²) < 4.78 is 5.47. The quantitative estimate of drug-likeness (QED) is 0.533. The molecule has 0 atom stereocenters. The molecule has 1 aromatic carbocycles. The van der Waals surface area contributed by atoms with Crippen LogP contribution < -0.4 is 4.74 Å². The van der Waals surface area contributed by atoms with Gasteiger partial charge in [-0.15, -0.1) is 0 Å². The van der Waals surface area contributed by atoms with Crippen LogP contribution in [-0.4, -0.2) is 24.4 Å². The molecule has 1 aromatic rings. The van der Waals surface area contributed by atoms with E-state index >= 15 is 0 Å². The smallest absolute Gasteiger partial charge is 0.150 e. The number of ether oxygens (including phenoxy) is 1. The first-order chi connectivity index (χ1) is 6.86. The van der Waals surface area contributed by atoms with Crippen molar-refractivity contribution in [3.63, 3.8) is 0 Å². The molecule has 0 unspecified atom stereocenters. The van der Waals surface area contributed by atoms with Gasteiger partial charge in [-0.2, -0.15) is 11.8 Å². The molecule has 0 bridgehead atoms. The minimum Gasteiger partial charge on any atom is -0.493 e. The second-order valence-corrected chi connectivity index (χ2v) is 4.13. The number of thioether (sulfide) groups is 1. The Morgan fingerprint density at radius 1 is 1.36 bits per heavy atom. The summed E-state index contributed by atoms with van der Waals surface area (Å²) >= 11 is 1.85. The Hall–Kier alpha value is -0.960. The lowest BCUT2D eigenvalue weighted by molar-refractivity contribution is 0.112. The predicted molar refractivity (Wildman–Crippen MR) is 60.3 cm³/mol. The molecular weight excluding hydrogens is 196 g/mol. The summed E-state index contributed by atoms with van der Waals surface area (Å²) in [5, 5.41) is 0. The van der Waals surface area contributed by atoms with Gasteiger partial charge in [-0.25, -0.2) is 0 Å². The molecule has 0 fully saturated rings. The van der Waals surface area contributed by atoms with E-state index in [9.17, 15) is 4.79 Å². The molecule has 14 heavy (non-hydrogen) atoms. The zero-order valence-corrected chi connectivity index (χ0v) is 9.05. The van der Waals surface area contributed by atoms with Crippen molar-refractivity contribution in [1.82, 2.24) is 0 Å². The molecule has 2 nitrogen and oxygen atoms in total. The topological polar surface area (TPSA) is 26.3 Å². The van der Waals surface area contributed by atoms with Crippen LogP contribution in [0, 0.1) is 0 Å². The lowest BCUT2D eigenvalue weighted by Gasteiger charge is -2.04. The minimum absolute atomic E-state index is 0.681. The fourth-order valence-corrected chi connectivity index (χ4v) is 1.50. The van der Waals surface area contributed by atoms with Crippen molar-refractivity contribution >= 4 is 18.0 Å². The zero-order valence-electron chi connectivity index (χ0n) is 8.23. The maximum absolute atomic E-state index is 10.4. The zero-order chi connectivity index (χ0) is 10.2. The average molecular weight is 210 g/mol. The summed E-state index contributed by atoms with van der Waals surface area (Å²) in [6.07, 6.45) is 0.830. The van der Waals surface area contributed by atoms with Crippen molar-refractivity contribution in [2.24, 2.45) is 0 Å². The molecule has 1 rings (SSSR count). The molecule has 0 amide bonds. The third-order valence-electron chi connectivity index (χ3n) is 1.72. The number of aldehydes is 1. The summed E-state index contributed by atoms with van der Waals surface area (Å²) in [5.74, 6) is 2.95. The van der Waals surface area contributed by atoms with Crippen LogP contribution >= 0.6 is 11.8 Å². The maximum atomic E-state index is 10.4. The molecule has 0 aromatic heterocycles. The first-order valence-corrected chi connectivity index (χ1v) is 5.78. The third-order valence-corrected chi connectivity index (χ3v) is 2.58. The van der Waals surface area contributed by atoms with E-state index in [1.807, 2.05) is 23.9 Å². The van der Waals surface area contributed by atoms with E-state index in [2.05, 4.69) is 6.92 Å². The Bertz CT molecular complexity index is 269. The van der Waals surface area contributed by atoms with Crippen LogP contribution in [0.2, 0.25) is 0 Å². The van der Waals surface area contributed by atoms with Gasteiger partial charge in [0.1, 0.15) is 12.0 Å². The first-order valence-electron chi connectivity index (χ1n) is 4.62. The normalized spacial score (nSPS) is 9.79. The van der Waals surface area contributed by atoms with Crippen LogP contribution in [0.3, 0.4) is 0 Å². The minimum atomic E-state index is 0.681. The van der Waals surface area contributed by atoms with E-state index in [-0.39, 0.29) is 0 Å². The van der Waals surface area contributed by atoms with Crippen LogP contribution in [-0.2, 0) is 0 Å². The second kappa shape index (κ2) is 6.49. The van der Waals surface area contributed by atoms with Gasteiger partial charge in [0, 0.05) is 11.3 Å². The van der Waals surface area contributed by atoms with E-state index in [1.54, 1.807) is 12.1 Å². The van der Waals surface area contributed by atoms with Gasteiger partial charge in [0.15, 0.2) is 0 Å². The van der Waals surface area contributed by atoms with E-state index in [1.165, 1.54) is 0 Å². The van der Waals surface area contributed by atoms with Crippen molar-refractivity contribution < 1.29 is 9.53 Å². The predicted octanol–water partition coefficient (Wildman–Crippen LogP) is 2.63. The van der Waals surface area contributed by atoms with Crippen LogP contribution in [0.15, 0.2) is 24.3 Å². The number of hydrogen-bond acceptors (Lipinski definition) is 3. The number of rotatable bonds is 6. The van der Waals surface area contributed by atoms with Gasteiger partial charge in [0.05, 0.1) is 6.61 Å². The van der Waals surface area contributed by atoms with Crippen molar-refractivity contribution in [2.45, 2.75) is 6.92 Å². The first kappa shape index (κ1) is 11.1. The highest BCUT2D eigenvalue weighted by atomic mass is 32.2. The summed E-state index contributed by atoms with van der Waals surface area (Å²) in [6.45, 7) is 2.85. The third kappa shape index (κ3) is 3.83. The fraction of sp³-hybridized carbons (Fsp3) is 0.364. The Balaban J connectivity index is 2.32. The highest BCUT2D eigenvalue weighted by molar-refractivity contribution is 7.99. The Labute approximate surface area is 88.7 Å². The molecule has 0 aliphatic carbocycles. The molecule has 3 heteroatoms. The maximum Gasteiger partial charge on any atom is 0.150 e. The van der Waals surface area contributed by atoms with Gasteiger partial charge < -0.3 is 4.74 Å². The lowest BCUT2D eigenvalue weighted by atomic mass is 10.2. The largest absolute Gasteiger partial charge is 0.493 e. The Morgan fingerprint density at radius 2 is 2.07 bits per heavy atom. The molecule has 76 valence electrons. The van der Waals surface area contributed by atoms with Crippen LogP contribution in [0.4, 0.5) is 0 Å². The number of carbonyl (C=O) groups excluding carboxylic acids is 1. The van der Waals surface area contributed by atoms with Gasteiger partial charge >= 0.3 is 0 Å². The summed E-state index contributed by atoms with van der Waals surface area (Å²) in [7, 11) is 0. The number of hydrogen-bond donors (Lipinski definition) is 0. The van der Waals surface area contributed by atoms with Gasteiger partial charge in [-0.3, -0.25) is 4.79 Å².